The number of nitrogens with zero attached hydrogens (tertiary/aromatic N) is 2. The maximum atomic E-state index is 5.46. The van der Waals surface area contributed by atoms with Crippen LogP contribution in [-0.2, 0) is 10.8 Å². The molecule has 0 bridgehead atoms. The zero-order chi connectivity index (χ0) is 37.4. The third-order valence-corrected chi connectivity index (χ3v) is 12.8. The number of rotatable bonds is 5. The number of benzene rings is 7. The van der Waals surface area contributed by atoms with E-state index in [2.05, 4.69) is 208 Å². The summed E-state index contributed by atoms with van der Waals surface area (Å²) in [6.07, 6.45) is 9.27. The van der Waals surface area contributed by atoms with Gasteiger partial charge in [-0.25, -0.2) is 9.97 Å². The van der Waals surface area contributed by atoms with Gasteiger partial charge >= 0.3 is 0 Å². The Balaban J connectivity index is 1.08. The molecule has 8 aromatic rings. The predicted octanol–water partition coefficient (Wildman–Crippen LogP) is 13.1. The van der Waals surface area contributed by atoms with E-state index in [1.54, 1.807) is 0 Å². The molecule has 0 N–H and O–H groups in total. The molecule has 0 fully saturated rings. The molecule has 0 aliphatic heterocycles. The number of hydrogen-bond donors (Lipinski definition) is 0. The Morgan fingerprint density at radius 2 is 1.12 bits per heavy atom. The van der Waals surface area contributed by atoms with Gasteiger partial charge in [0, 0.05) is 33.8 Å². The molecule has 266 valence electrons. The molecule has 1 heterocycles. The molecule has 3 aliphatic rings. The van der Waals surface area contributed by atoms with Crippen LogP contribution in [-0.4, -0.2) is 9.97 Å². The summed E-state index contributed by atoms with van der Waals surface area (Å²) < 4.78 is 0. The maximum Gasteiger partial charge on any atom is 0.160 e. The molecule has 2 heteroatoms. The molecule has 0 saturated carbocycles. The van der Waals surface area contributed by atoms with Crippen LogP contribution in [0.1, 0.15) is 53.1 Å². The van der Waals surface area contributed by atoms with Crippen LogP contribution in [0.25, 0.3) is 55.8 Å². The van der Waals surface area contributed by atoms with Crippen molar-refractivity contribution in [1.29, 1.82) is 0 Å². The molecule has 7 aromatic carbocycles. The van der Waals surface area contributed by atoms with Crippen LogP contribution in [0.5, 0.6) is 0 Å². The molecule has 3 aliphatic carbocycles. The van der Waals surface area contributed by atoms with E-state index >= 15 is 0 Å². The van der Waals surface area contributed by atoms with Gasteiger partial charge < -0.3 is 0 Å². The molecule has 1 aromatic heterocycles. The third kappa shape index (κ3) is 4.69. The lowest BCUT2D eigenvalue weighted by molar-refractivity contribution is 0.457. The van der Waals surface area contributed by atoms with Crippen LogP contribution in [0, 0.1) is 5.92 Å². The molecule has 0 spiro atoms. The van der Waals surface area contributed by atoms with Gasteiger partial charge in [0.2, 0.25) is 0 Å². The van der Waals surface area contributed by atoms with Crippen molar-refractivity contribution in [2.24, 2.45) is 5.92 Å². The average Bonchev–Trinajstić information content (AvgIpc) is 3.70. The summed E-state index contributed by atoms with van der Waals surface area (Å²) in [4.78, 5) is 10.8. The van der Waals surface area contributed by atoms with Gasteiger partial charge in [-0.1, -0.05) is 190 Å². The molecule has 0 saturated heterocycles. The summed E-state index contributed by atoms with van der Waals surface area (Å²) in [5.74, 6) is 1.30. The highest BCUT2D eigenvalue weighted by Crippen LogP contribution is 2.60. The highest BCUT2D eigenvalue weighted by atomic mass is 14.9. The Morgan fingerprint density at radius 3 is 1.96 bits per heavy atom. The fourth-order valence-corrected chi connectivity index (χ4v) is 10.4. The van der Waals surface area contributed by atoms with Crippen molar-refractivity contribution in [3.8, 4) is 44.9 Å². The predicted molar refractivity (Wildman–Crippen MR) is 231 cm³/mol. The minimum Gasteiger partial charge on any atom is -0.228 e. The maximum absolute atomic E-state index is 5.46. The summed E-state index contributed by atoms with van der Waals surface area (Å²) in [6.45, 7) is 4.68. The van der Waals surface area contributed by atoms with Crippen molar-refractivity contribution in [2.75, 3.05) is 0 Å². The lowest BCUT2D eigenvalue weighted by Gasteiger charge is -2.39. The third-order valence-electron chi connectivity index (χ3n) is 12.8. The van der Waals surface area contributed by atoms with Gasteiger partial charge in [-0.15, -0.1) is 0 Å². The van der Waals surface area contributed by atoms with Gasteiger partial charge in [-0.2, -0.15) is 0 Å². The van der Waals surface area contributed by atoms with Crippen LogP contribution in [0.4, 0.5) is 0 Å². The quantitative estimate of drug-likeness (QED) is 0.177. The first-order valence-corrected chi connectivity index (χ1v) is 19.8. The zero-order valence-electron chi connectivity index (χ0n) is 31.5. The molecule has 2 nitrogen and oxygen atoms in total. The molecular formula is C54H40N2. The first kappa shape index (κ1) is 32.8. The first-order valence-electron chi connectivity index (χ1n) is 19.8. The Bertz CT molecular complexity index is 2900. The summed E-state index contributed by atoms with van der Waals surface area (Å²) in [7, 11) is 0. The molecule has 0 amide bonds. The fourth-order valence-electron chi connectivity index (χ4n) is 10.4. The van der Waals surface area contributed by atoms with Crippen molar-refractivity contribution in [3.63, 3.8) is 0 Å². The molecule has 3 unspecified atom stereocenters. The Labute approximate surface area is 328 Å². The van der Waals surface area contributed by atoms with Gasteiger partial charge in [0.15, 0.2) is 5.82 Å². The fraction of sp³-hybridized carbons (Fsp3) is 0.111. The number of aromatic nitrogens is 2. The van der Waals surface area contributed by atoms with E-state index in [9.17, 15) is 0 Å². The zero-order valence-corrected chi connectivity index (χ0v) is 31.5. The van der Waals surface area contributed by atoms with Crippen molar-refractivity contribution in [2.45, 2.75) is 30.6 Å². The van der Waals surface area contributed by atoms with E-state index in [-0.39, 0.29) is 16.7 Å². The number of fused-ring (bicyclic) bond motifs is 8. The Kier molecular flexibility index (Phi) is 7.28. The van der Waals surface area contributed by atoms with Crippen molar-refractivity contribution in [1.82, 2.24) is 9.97 Å². The Morgan fingerprint density at radius 1 is 0.482 bits per heavy atom. The first-order chi connectivity index (χ1) is 27.5. The van der Waals surface area contributed by atoms with Crippen LogP contribution in [0.2, 0.25) is 0 Å². The van der Waals surface area contributed by atoms with Gasteiger partial charge in [0.1, 0.15) is 0 Å². The highest BCUT2D eigenvalue weighted by Gasteiger charge is 2.52. The second-order valence-corrected chi connectivity index (χ2v) is 16.1. The van der Waals surface area contributed by atoms with Crippen molar-refractivity contribution < 1.29 is 0 Å². The van der Waals surface area contributed by atoms with Crippen molar-refractivity contribution in [3.05, 3.63) is 228 Å². The molecule has 11 rings (SSSR count). The molecule has 56 heavy (non-hydrogen) atoms. The highest BCUT2D eigenvalue weighted by molar-refractivity contribution is 6.03. The van der Waals surface area contributed by atoms with E-state index in [0.717, 1.165) is 39.1 Å². The van der Waals surface area contributed by atoms with Crippen LogP contribution < -0.4 is 0 Å². The SMILES string of the molecule is CC1(C)c2ccccc2-c2ccc3nc(-c4cccc(-c5cccc(C6(c7ccccc7)c7ccccc7C7C=CC=CC76)c5)c4)nc(-c4ccccc4)c3c21. The van der Waals surface area contributed by atoms with E-state index in [1.807, 2.05) is 0 Å². The Hall–Kier alpha value is -6.64. The van der Waals surface area contributed by atoms with Crippen LogP contribution in [0.15, 0.2) is 194 Å². The van der Waals surface area contributed by atoms with Gasteiger partial charge in [-0.05, 0) is 73.8 Å². The normalized spacial score (nSPS) is 19.7. The number of hydrogen-bond acceptors (Lipinski definition) is 2. The topological polar surface area (TPSA) is 25.8 Å². The second kappa shape index (κ2) is 12.4. The van der Waals surface area contributed by atoms with Crippen LogP contribution in [0.3, 0.4) is 0 Å². The molecular weight excluding hydrogens is 677 g/mol. The van der Waals surface area contributed by atoms with E-state index < -0.39 is 0 Å². The van der Waals surface area contributed by atoms with E-state index in [4.69, 9.17) is 9.97 Å². The minimum absolute atomic E-state index is 0.189. The smallest absolute Gasteiger partial charge is 0.160 e. The van der Waals surface area contributed by atoms with Crippen LogP contribution >= 0.6 is 0 Å². The largest absolute Gasteiger partial charge is 0.228 e. The molecule has 3 atom stereocenters. The van der Waals surface area contributed by atoms with Gasteiger partial charge in [0.05, 0.1) is 16.6 Å². The monoisotopic (exact) mass is 716 g/mol. The lowest BCUT2D eigenvalue weighted by Crippen LogP contribution is -2.35. The summed E-state index contributed by atoms with van der Waals surface area (Å²) >= 11 is 0. The molecule has 0 radical (unpaired) electrons. The summed E-state index contributed by atoms with van der Waals surface area (Å²) in [6, 6.07) is 62.1. The number of allylic oxidation sites excluding steroid dienone is 4. The van der Waals surface area contributed by atoms with Gasteiger partial charge in [-0.3, -0.25) is 0 Å². The van der Waals surface area contributed by atoms with Gasteiger partial charge in [0.25, 0.3) is 0 Å². The van der Waals surface area contributed by atoms with E-state index in [0.29, 0.717) is 5.92 Å². The standard InChI is InChI=1S/C54H40N2/c1-53(2)45-28-12-9-27-43(45)44-31-32-48-49(50(44)53)51(35-17-5-3-6-18-35)56-52(55-48)38-21-15-19-36(33-38)37-20-16-24-40(34-37)54(39-22-7-4-8-23-39)46-29-13-10-25-41(46)42-26-11-14-30-47(42)54/h3-34,41,46H,1-2H3. The minimum atomic E-state index is -0.336. The second-order valence-electron chi connectivity index (χ2n) is 16.1. The van der Waals surface area contributed by atoms with Crippen molar-refractivity contribution >= 4 is 10.9 Å². The summed E-state index contributed by atoms with van der Waals surface area (Å²) in [5, 5.41) is 1.13. The average molecular weight is 717 g/mol. The summed E-state index contributed by atoms with van der Waals surface area (Å²) in [5.41, 5.74) is 16.5. The van der Waals surface area contributed by atoms with E-state index in [1.165, 1.54) is 50.1 Å². The lowest BCUT2D eigenvalue weighted by atomic mass is 9.63.